The van der Waals surface area contributed by atoms with E-state index >= 15 is 0 Å². The second kappa shape index (κ2) is 6.22. The number of benzene rings is 1. The molecule has 0 heterocycles. The molecule has 0 aliphatic rings. The van der Waals surface area contributed by atoms with Gasteiger partial charge in [-0.25, -0.2) is 9.44 Å². The Kier molecular flexibility index (Phi) is 5.15. The number of nitrogens with two attached hydrogens (primary N) is 1. The molecule has 1 rings (SSSR count). The van der Waals surface area contributed by atoms with Crippen LogP contribution < -0.4 is 14.2 Å². The summed E-state index contributed by atoms with van der Waals surface area (Å²) in [6.07, 6.45) is 0. The Balaban J connectivity index is 3.32. The number of hydrogen-bond donors (Lipinski definition) is 1. The highest BCUT2D eigenvalue weighted by Gasteiger charge is 2.25. The highest BCUT2D eigenvalue weighted by molar-refractivity contribution is 9.10. The average Bonchev–Trinajstić information content (AvgIpc) is 2.34. The highest BCUT2D eigenvalue weighted by atomic mass is 79.9. The van der Waals surface area contributed by atoms with Gasteiger partial charge in [0, 0.05) is 4.47 Å². The molecule has 9 heteroatoms. The van der Waals surface area contributed by atoms with Gasteiger partial charge in [0.1, 0.15) is 12.3 Å². The number of carbonyl (C=O) groups is 1. The van der Waals surface area contributed by atoms with E-state index in [1.54, 1.807) is 12.1 Å². The van der Waals surface area contributed by atoms with E-state index in [9.17, 15) is 13.2 Å². The second-order valence-electron chi connectivity index (χ2n) is 3.44. The van der Waals surface area contributed by atoms with E-state index in [1.165, 1.54) is 13.2 Å². The summed E-state index contributed by atoms with van der Waals surface area (Å²) in [4.78, 5) is 11.3. The Bertz CT molecular complexity index is 575. The molecule has 106 valence electrons. The summed E-state index contributed by atoms with van der Waals surface area (Å²) < 4.78 is 34.0. The Morgan fingerprint density at radius 2 is 2.05 bits per heavy atom. The molecule has 0 unspecified atom stereocenters. The molecule has 0 aliphatic heterocycles. The lowest BCUT2D eigenvalue weighted by Gasteiger charge is -2.22. The third-order valence-corrected chi connectivity index (χ3v) is 3.65. The Labute approximate surface area is 119 Å². The minimum Gasteiger partial charge on any atom is -0.495 e. The van der Waals surface area contributed by atoms with Crippen molar-refractivity contribution in [3.05, 3.63) is 22.7 Å². The van der Waals surface area contributed by atoms with E-state index in [0.717, 1.165) is 7.11 Å². The van der Waals surface area contributed by atoms with Crippen molar-refractivity contribution in [3.63, 3.8) is 0 Å². The number of carbonyl (C=O) groups excluding carboxylic acids is 1. The molecule has 0 spiro atoms. The van der Waals surface area contributed by atoms with Gasteiger partial charge in [-0.2, -0.15) is 8.42 Å². The van der Waals surface area contributed by atoms with Crippen molar-refractivity contribution in [2.24, 2.45) is 5.14 Å². The normalized spacial score (nSPS) is 10.9. The number of nitrogens with zero attached hydrogens (tertiary/aromatic N) is 1. The average molecular weight is 353 g/mol. The zero-order chi connectivity index (χ0) is 14.6. The molecule has 0 aliphatic carbocycles. The number of esters is 1. The molecule has 0 radical (unpaired) electrons. The van der Waals surface area contributed by atoms with Crippen LogP contribution in [0.5, 0.6) is 5.75 Å². The predicted molar refractivity (Wildman–Crippen MR) is 73.2 cm³/mol. The van der Waals surface area contributed by atoms with E-state index in [0.29, 0.717) is 8.78 Å². The molecule has 19 heavy (non-hydrogen) atoms. The third kappa shape index (κ3) is 4.08. The first kappa shape index (κ1) is 15.7. The van der Waals surface area contributed by atoms with Crippen LogP contribution in [0.3, 0.4) is 0 Å². The fraction of sp³-hybridized carbons (Fsp3) is 0.300. The fourth-order valence-electron chi connectivity index (χ4n) is 1.35. The van der Waals surface area contributed by atoms with Crippen LogP contribution in [0.15, 0.2) is 22.7 Å². The molecule has 0 fully saturated rings. The van der Waals surface area contributed by atoms with Crippen molar-refractivity contribution < 1.29 is 22.7 Å². The minimum atomic E-state index is -4.14. The number of methoxy groups -OCH3 is 2. The molecule has 1 aromatic carbocycles. The van der Waals surface area contributed by atoms with Gasteiger partial charge in [-0.1, -0.05) is 15.9 Å². The van der Waals surface area contributed by atoms with Gasteiger partial charge in [-0.05, 0) is 18.2 Å². The van der Waals surface area contributed by atoms with Crippen molar-refractivity contribution >= 4 is 37.8 Å². The van der Waals surface area contributed by atoms with Crippen LogP contribution in [0.25, 0.3) is 0 Å². The summed E-state index contributed by atoms with van der Waals surface area (Å²) in [6, 6.07) is 4.70. The fourth-order valence-corrected chi connectivity index (χ4v) is 2.40. The molecule has 0 bridgehead atoms. The van der Waals surface area contributed by atoms with Crippen LogP contribution in [0.1, 0.15) is 0 Å². The summed E-state index contributed by atoms with van der Waals surface area (Å²) >= 11 is 3.21. The quantitative estimate of drug-likeness (QED) is 0.784. The lowest BCUT2D eigenvalue weighted by Crippen LogP contribution is -2.40. The van der Waals surface area contributed by atoms with Crippen molar-refractivity contribution in [3.8, 4) is 5.75 Å². The molecule has 2 N–H and O–H groups in total. The van der Waals surface area contributed by atoms with Gasteiger partial charge < -0.3 is 9.47 Å². The van der Waals surface area contributed by atoms with E-state index in [2.05, 4.69) is 20.7 Å². The zero-order valence-electron chi connectivity index (χ0n) is 10.3. The second-order valence-corrected chi connectivity index (χ2v) is 5.83. The highest BCUT2D eigenvalue weighted by Crippen LogP contribution is 2.32. The van der Waals surface area contributed by atoms with Gasteiger partial charge in [0.15, 0.2) is 0 Å². The molecule has 1 aromatic rings. The first-order chi connectivity index (χ1) is 8.79. The van der Waals surface area contributed by atoms with Crippen LogP contribution >= 0.6 is 15.9 Å². The summed E-state index contributed by atoms with van der Waals surface area (Å²) in [6.45, 7) is -0.540. The van der Waals surface area contributed by atoms with Crippen LogP contribution in [0.4, 0.5) is 5.69 Å². The standard InChI is InChI=1S/C10H13BrN2O5S/c1-17-9-4-3-7(11)5-8(9)13(19(12,15)16)6-10(14)18-2/h3-5H,6H2,1-2H3,(H2,12,15,16). The lowest BCUT2D eigenvalue weighted by atomic mass is 10.3. The Morgan fingerprint density at radius 1 is 1.42 bits per heavy atom. The van der Waals surface area contributed by atoms with Gasteiger partial charge in [-0.15, -0.1) is 0 Å². The van der Waals surface area contributed by atoms with Crippen molar-refractivity contribution in [2.45, 2.75) is 0 Å². The van der Waals surface area contributed by atoms with Crippen molar-refractivity contribution in [2.75, 3.05) is 25.1 Å². The van der Waals surface area contributed by atoms with Crippen LogP contribution in [-0.4, -0.2) is 35.2 Å². The van der Waals surface area contributed by atoms with Crippen LogP contribution in [0, 0.1) is 0 Å². The molecular formula is C10H13BrN2O5S. The van der Waals surface area contributed by atoms with Gasteiger partial charge in [0.2, 0.25) is 0 Å². The summed E-state index contributed by atoms with van der Waals surface area (Å²) in [7, 11) is -1.61. The largest absolute Gasteiger partial charge is 0.495 e. The number of ether oxygens (including phenoxy) is 2. The van der Waals surface area contributed by atoms with Crippen molar-refractivity contribution in [1.29, 1.82) is 0 Å². The van der Waals surface area contributed by atoms with E-state index in [1.807, 2.05) is 0 Å². The molecule has 0 amide bonds. The summed E-state index contributed by atoms with van der Waals surface area (Å²) in [5, 5.41) is 5.11. The maximum Gasteiger partial charge on any atom is 0.326 e. The lowest BCUT2D eigenvalue weighted by molar-refractivity contribution is -0.138. The smallest absolute Gasteiger partial charge is 0.326 e. The van der Waals surface area contributed by atoms with Crippen molar-refractivity contribution in [1.82, 2.24) is 0 Å². The van der Waals surface area contributed by atoms with E-state index < -0.39 is 22.7 Å². The maximum absolute atomic E-state index is 11.6. The first-order valence-corrected chi connectivity index (χ1v) is 7.30. The first-order valence-electron chi connectivity index (χ1n) is 5.00. The molecule has 0 aromatic heterocycles. The summed E-state index contributed by atoms with van der Waals surface area (Å²) in [5.41, 5.74) is 0.143. The maximum atomic E-state index is 11.6. The number of halogens is 1. The van der Waals surface area contributed by atoms with Gasteiger partial charge >= 0.3 is 5.97 Å². The SMILES string of the molecule is COC(=O)CN(c1cc(Br)ccc1OC)S(N)(=O)=O. The third-order valence-electron chi connectivity index (χ3n) is 2.22. The number of anilines is 1. The van der Waals surface area contributed by atoms with Gasteiger partial charge in [0.25, 0.3) is 10.2 Å². The molecule has 0 atom stereocenters. The van der Waals surface area contributed by atoms with Crippen LogP contribution in [0.2, 0.25) is 0 Å². The van der Waals surface area contributed by atoms with E-state index in [-0.39, 0.29) is 11.4 Å². The topological polar surface area (TPSA) is 98.9 Å². The molecule has 0 saturated heterocycles. The molecular weight excluding hydrogens is 340 g/mol. The predicted octanol–water partition coefficient (Wildman–Crippen LogP) is 0.641. The number of hydrogen-bond acceptors (Lipinski definition) is 5. The van der Waals surface area contributed by atoms with Gasteiger partial charge in [0.05, 0.1) is 19.9 Å². The van der Waals surface area contributed by atoms with E-state index in [4.69, 9.17) is 9.88 Å². The van der Waals surface area contributed by atoms with Gasteiger partial charge in [-0.3, -0.25) is 4.79 Å². The summed E-state index contributed by atoms with van der Waals surface area (Å²) in [5.74, 6) is -0.475. The molecule has 7 nitrogen and oxygen atoms in total. The van der Waals surface area contributed by atoms with Crippen LogP contribution in [-0.2, 0) is 19.7 Å². The Hall–Kier alpha value is -1.32. The number of rotatable bonds is 5. The Morgan fingerprint density at radius 3 is 2.53 bits per heavy atom. The monoisotopic (exact) mass is 352 g/mol. The molecule has 0 saturated carbocycles. The minimum absolute atomic E-state index is 0.143. The zero-order valence-corrected chi connectivity index (χ0v) is 12.7.